The molecular formula is C13H13N3O2S2. The first-order valence-electron chi connectivity index (χ1n) is 5.75. The summed E-state index contributed by atoms with van der Waals surface area (Å²) in [5.74, 6) is 0. The largest absolute Gasteiger partial charge is 0.389 e. The summed E-state index contributed by atoms with van der Waals surface area (Å²) in [5.41, 5.74) is 6.89. The predicted molar refractivity (Wildman–Crippen MR) is 82.1 cm³/mol. The first-order valence-corrected chi connectivity index (χ1v) is 7.64. The number of nitrogens with one attached hydrogen (secondary N) is 1. The molecule has 0 saturated carbocycles. The number of hydrogen-bond donors (Lipinski definition) is 2. The number of anilines is 1. The minimum atomic E-state index is -3.77. The van der Waals surface area contributed by atoms with Crippen LogP contribution in [0.3, 0.4) is 0 Å². The number of sulfonamides is 1. The molecule has 5 nitrogen and oxygen atoms in total. The van der Waals surface area contributed by atoms with Gasteiger partial charge in [-0.05, 0) is 25.1 Å². The van der Waals surface area contributed by atoms with Crippen molar-refractivity contribution in [3.05, 3.63) is 53.9 Å². The molecule has 104 valence electrons. The monoisotopic (exact) mass is 307 g/mol. The number of hydrogen-bond acceptors (Lipinski definition) is 4. The van der Waals surface area contributed by atoms with Gasteiger partial charge in [-0.3, -0.25) is 9.71 Å². The van der Waals surface area contributed by atoms with Gasteiger partial charge >= 0.3 is 0 Å². The third-order valence-electron chi connectivity index (χ3n) is 2.69. The minimum absolute atomic E-state index is 0.0360. The molecular weight excluding hydrogens is 294 g/mol. The van der Waals surface area contributed by atoms with Crippen LogP contribution in [0, 0.1) is 6.92 Å². The molecule has 1 aromatic carbocycles. The van der Waals surface area contributed by atoms with Gasteiger partial charge in [-0.2, -0.15) is 0 Å². The van der Waals surface area contributed by atoms with Crippen LogP contribution in [-0.2, 0) is 10.0 Å². The Morgan fingerprint density at radius 3 is 2.60 bits per heavy atom. The number of aryl methyl sites for hydroxylation is 1. The van der Waals surface area contributed by atoms with Gasteiger partial charge in [0.2, 0.25) is 0 Å². The summed E-state index contributed by atoms with van der Waals surface area (Å²) < 4.78 is 27.3. The Hall–Kier alpha value is -1.99. The maximum absolute atomic E-state index is 12.4. The maximum Gasteiger partial charge on any atom is 0.262 e. The van der Waals surface area contributed by atoms with Crippen molar-refractivity contribution in [1.29, 1.82) is 0 Å². The summed E-state index contributed by atoms with van der Waals surface area (Å²) in [6.07, 6.45) is 1.59. The van der Waals surface area contributed by atoms with E-state index in [1.807, 2.05) is 0 Å². The van der Waals surface area contributed by atoms with Crippen molar-refractivity contribution in [3.63, 3.8) is 0 Å². The lowest BCUT2D eigenvalue weighted by Crippen LogP contribution is -2.20. The van der Waals surface area contributed by atoms with Crippen LogP contribution in [0.25, 0.3) is 0 Å². The fourth-order valence-corrected chi connectivity index (χ4v) is 3.28. The Morgan fingerprint density at radius 1 is 1.25 bits per heavy atom. The average molecular weight is 307 g/mol. The molecule has 0 amide bonds. The van der Waals surface area contributed by atoms with Crippen molar-refractivity contribution in [2.24, 2.45) is 5.73 Å². The number of nitrogens with two attached hydrogens (primary N) is 1. The van der Waals surface area contributed by atoms with Crippen LogP contribution in [0.5, 0.6) is 0 Å². The van der Waals surface area contributed by atoms with E-state index in [-0.39, 0.29) is 9.88 Å². The lowest BCUT2D eigenvalue weighted by molar-refractivity contribution is 0.601. The molecule has 20 heavy (non-hydrogen) atoms. The van der Waals surface area contributed by atoms with E-state index in [4.69, 9.17) is 18.0 Å². The van der Waals surface area contributed by atoms with Gasteiger partial charge in [0.1, 0.15) is 4.99 Å². The van der Waals surface area contributed by atoms with Crippen LogP contribution in [0.15, 0.2) is 47.5 Å². The van der Waals surface area contributed by atoms with E-state index >= 15 is 0 Å². The summed E-state index contributed by atoms with van der Waals surface area (Å²) in [5, 5.41) is 0. The molecule has 0 aliphatic rings. The molecule has 0 aliphatic carbocycles. The zero-order chi connectivity index (χ0) is 14.8. The molecule has 3 N–H and O–H groups in total. The minimum Gasteiger partial charge on any atom is -0.389 e. The molecule has 2 rings (SSSR count). The van der Waals surface area contributed by atoms with Crippen molar-refractivity contribution in [3.8, 4) is 0 Å². The van der Waals surface area contributed by atoms with Crippen molar-refractivity contribution < 1.29 is 8.42 Å². The fourth-order valence-electron chi connectivity index (χ4n) is 1.70. The normalized spacial score (nSPS) is 11.1. The van der Waals surface area contributed by atoms with Gasteiger partial charge < -0.3 is 5.73 Å². The molecule has 1 aromatic heterocycles. The number of benzene rings is 1. The summed E-state index contributed by atoms with van der Waals surface area (Å²) in [6, 6.07) is 9.64. The van der Waals surface area contributed by atoms with E-state index in [9.17, 15) is 8.42 Å². The average Bonchev–Trinajstić information content (AvgIpc) is 2.41. The Balaban J connectivity index is 2.47. The molecule has 0 atom stereocenters. The molecule has 0 bridgehead atoms. The highest BCUT2D eigenvalue weighted by Gasteiger charge is 2.20. The molecule has 7 heteroatoms. The predicted octanol–water partition coefficient (Wildman–Crippen LogP) is 1.83. The standard InChI is InChI=1S/C13H13N3O2S2/c1-9-11(6-4-8-15-9)16-20(17,18)12-7-3-2-5-10(12)13(14)19/h2-8,16H,1H3,(H2,14,19). The Morgan fingerprint density at radius 2 is 1.95 bits per heavy atom. The third-order valence-corrected chi connectivity index (χ3v) is 4.34. The van der Waals surface area contributed by atoms with Gasteiger partial charge in [-0.25, -0.2) is 8.42 Å². The van der Waals surface area contributed by atoms with Crippen LogP contribution in [0.2, 0.25) is 0 Å². The van der Waals surface area contributed by atoms with Gasteiger partial charge in [0.05, 0.1) is 16.3 Å². The molecule has 0 saturated heterocycles. The van der Waals surface area contributed by atoms with Crippen molar-refractivity contribution >= 4 is 32.9 Å². The van der Waals surface area contributed by atoms with E-state index in [0.717, 1.165) is 0 Å². The summed E-state index contributed by atoms with van der Waals surface area (Å²) in [7, 11) is -3.77. The van der Waals surface area contributed by atoms with E-state index in [2.05, 4.69) is 9.71 Å². The second-order valence-corrected chi connectivity index (χ2v) is 6.19. The van der Waals surface area contributed by atoms with Crippen LogP contribution < -0.4 is 10.5 Å². The zero-order valence-electron chi connectivity index (χ0n) is 10.7. The molecule has 0 aliphatic heterocycles. The van der Waals surface area contributed by atoms with E-state index in [1.54, 1.807) is 43.5 Å². The number of nitrogens with zero attached hydrogens (tertiary/aromatic N) is 1. The van der Waals surface area contributed by atoms with Crippen LogP contribution in [-0.4, -0.2) is 18.4 Å². The molecule has 0 unspecified atom stereocenters. The van der Waals surface area contributed by atoms with Crippen molar-refractivity contribution in [2.45, 2.75) is 11.8 Å². The van der Waals surface area contributed by atoms with E-state index in [1.165, 1.54) is 6.07 Å². The smallest absolute Gasteiger partial charge is 0.262 e. The first kappa shape index (κ1) is 14.4. The van der Waals surface area contributed by atoms with Gasteiger partial charge in [-0.15, -0.1) is 0 Å². The Labute approximate surface area is 122 Å². The topological polar surface area (TPSA) is 85.1 Å². The van der Waals surface area contributed by atoms with Gasteiger partial charge in [0.15, 0.2) is 0 Å². The number of pyridine rings is 1. The second-order valence-electron chi connectivity index (χ2n) is 4.10. The third kappa shape index (κ3) is 2.94. The van der Waals surface area contributed by atoms with Crippen LogP contribution in [0.4, 0.5) is 5.69 Å². The molecule has 1 heterocycles. The van der Waals surface area contributed by atoms with Crippen LogP contribution in [0.1, 0.15) is 11.3 Å². The number of thiocarbonyl (C=S) groups is 1. The lowest BCUT2D eigenvalue weighted by atomic mass is 10.2. The highest BCUT2D eigenvalue weighted by atomic mass is 32.2. The first-order chi connectivity index (χ1) is 9.42. The van der Waals surface area contributed by atoms with Crippen LogP contribution >= 0.6 is 12.2 Å². The van der Waals surface area contributed by atoms with Gasteiger partial charge in [0, 0.05) is 11.8 Å². The number of aromatic nitrogens is 1. The Bertz CT molecular complexity index is 758. The maximum atomic E-state index is 12.4. The summed E-state index contributed by atoms with van der Waals surface area (Å²) in [4.78, 5) is 4.12. The van der Waals surface area contributed by atoms with Gasteiger partial charge in [0.25, 0.3) is 10.0 Å². The van der Waals surface area contributed by atoms with E-state index in [0.29, 0.717) is 16.9 Å². The highest BCUT2D eigenvalue weighted by molar-refractivity contribution is 7.93. The quantitative estimate of drug-likeness (QED) is 0.842. The van der Waals surface area contributed by atoms with Crippen molar-refractivity contribution in [1.82, 2.24) is 4.98 Å². The summed E-state index contributed by atoms with van der Waals surface area (Å²) >= 11 is 4.88. The zero-order valence-corrected chi connectivity index (χ0v) is 12.3. The Kier molecular flexibility index (Phi) is 4.01. The molecule has 0 radical (unpaired) electrons. The molecule has 0 spiro atoms. The van der Waals surface area contributed by atoms with Crippen molar-refractivity contribution in [2.75, 3.05) is 4.72 Å². The molecule has 0 fully saturated rings. The summed E-state index contributed by atoms with van der Waals surface area (Å²) in [6.45, 7) is 1.72. The van der Waals surface area contributed by atoms with E-state index < -0.39 is 10.0 Å². The van der Waals surface area contributed by atoms with Gasteiger partial charge in [-0.1, -0.05) is 30.4 Å². The number of rotatable bonds is 4. The lowest BCUT2D eigenvalue weighted by Gasteiger charge is -2.12. The molecule has 2 aromatic rings. The fraction of sp³-hybridized carbons (Fsp3) is 0.0769. The SMILES string of the molecule is Cc1ncccc1NS(=O)(=O)c1ccccc1C(N)=S. The second kappa shape index (κ2) is 5.56. The highest BCUT2D eigenvalue weighted by Crippen LogP contribution is 2.20.